The van der Waals surface area contributed by atoms with E-state index < -0.39 is 39.9 Å². The molecule has 0 bridgehead atoms. The van der Waals surface area contributed by atoms with Crippen LogP contribution >= 0.6 is 11.6 Å². The number of nitrogens with one attached hydrogen (secondary N) is 2. The van der Waals surface area contributed by atoms with Gasteiger partial charge in [0, 0.05) is 35.9 Å². The molecule has 0 spiro atoms. The van der Waals surface area contributed by atoms with Gasteiger partial charge < -0.3 is 25.4 Å². The van der Waals surface area contributed by atoms with E-state index in [2.05, 4.69) is 10.6 Å². The summed E-state index contributed by atoms with van der Waals surface area (Å²) in [6, 6.07) is 14.5. The summed E-state index contributed by atoms with van der Waals surface area (Å²) >= 11 is 5.92. The number of likely N-dealkylation sites (N-methyl/N-ethyl adjacent to an activating group) is 1. The van der Waals surface area contributed by atoms with E-state index in [1.54, 1.807) is 13.0 Å². The van der Waals surface area contributed by atoms with Crippen molar-refractivity contribution in [2.24, 2.45) is 5.92 Å². The van der Waals surface area contributed by atoms with Gasteiger partial charge in [0.2, 0.25) is 10.0 Å². The van der Waals surface area contributed by atoms with Crippen molar-refractivity contribution < 1.29 is 32.2 Å². The number of sulfonamides is 1. The first kappa shape index (κ1) is 31.2. The minimum absolute atomic E-state index is 0.0266. The van der Waals surface area contributed by atoms with Gasteiger partial charge in [0.25, 0.3) is 5.91 Å². The second-order valence-corrected chi connectivity index (χ2v) is 12.6. The van der Waals surface area contributed by atoms with Crippen LogP contribution in [0, 0.1) is 11.7 Å². The summed E-state index contributed by atoms with van der Waals surface area (Å²) in [5.41, 5.74) is 0.793. The quantitative estimate of drug-likeness (QED) is 0.337. The number of amides is 3. The molecule has 0 radical (unpaired) electrons. The zero-order valence-electron chi connectivity index (χ0n) is 23.3. The highest BCUT2D eigenvalue weighted by Crippen LogP contribution is 2.31. The smallest absolute Gasteiger partial charge is 0.323 e. The van der Waals surface area contributed by atoms with Gasteiger partial charge in [-0.05, 0) is 73.7 Å². The van der Waals surface area contributed by atoms with E-state index in [0.717, 1.165) is 0 Å². The summed E-state index contributed by atoms with van der Waals surface area (Å²) in [5, 5.41) is 15.5. The molecule has 3 amide bonds. The predicted molar refractivity (Wildman–Crippen MR) is 158 cm³/mol. The van der Waals surface area contributed by atoms with Crippen molar-refractivity contribution >= 4 is 44.9 Å². The van der Waals surface area contributed by atoms with Crippen molar-refractivity contribution in [1.29, 1.82) is 0 Å². The van der Waals surface area contributed by atoms with E-state index in [-0.39, 0.29) is 47.5 Å². The van der Waals surface area contributed by atoms with Crippen LogP contribution in [0.15, 0.2) is 71.6 Å². The number of anilines is 2. The van der Waals surface area contributed by atoms with Gasteiger partial charge >= 0.3 is 6.03 Å². The molecule has 0 unspecified atom stereocenters. The number of aliphatic hydroxyl groups excluding tert-OH is 1. The molecule has 0 saturated heterocycles. The molecule has 224 valence electrons. The van der Waals surface area contributed by atoms with Gasteiger partial charge in [-0.1, -0.05) is 18.5 Å². The average Bonchev–Trinajstić information content (AvgIpc) is 2.96. The standard InChI is InChI=1S/C29H32ClFN4O6S/c1-18-15-35(19(2)17-36)28(37)25-14-23(33-29(38)32-22-8-6-21(31)7-9-22)10-13-26(25)41-27(18)16-34(3)42(39,40)24-11-4-20(30)5-12-24/h4-14,18-19,27,36H,15-17H2,1-3H3,(H2,32,33,38)/t18-,19-,27-/m1/s1. The van der Waals surface area contributed by atoms with Gasteiger partial charge in [-0.3, -0.25) is 4.79 Å². The largest absolute Gasteiger partial charge is 0.488 e. The van der Waals surface area contributed by atoms with Gasteiger partial charge in [0.1, 0.15) is 17.7 Å². The molecular formula is C29H32ClFN4O6S. The summed E-state index contributed by atoms with van der Waals surface area (Å²) < 4.78 is 47.2. The van der Waals surface area contributed by atoms with Crippen LogP contribution in [0.2, 0.25) is 5.02 Å². The Morgan fingerprint density at radius 3 is 2.38 bits per heavy atom. The molecular weight excluding hydrogens is 587 g/mol. The first-order valence-corrected chi connectivity index (χ1v) is 15.0. The Bertz CT molecular complexity index is 1540. The van der Waals surface area contributed by atoms with Gasteiger partial charge in [-0.25, -0.2) is 17.6 Å². The Hall–Kier alpha value is -3.71. The number of hydrogen-bond acceptors (Lipinski definition) is 6. The zero-order valence-corrected chi connectivity index (χ0v) is 24.8. The molecule has 0 aliphatic carbocycles. The van der Waals surface area contributed by atoms with Gasteiger partial charge in [0.15, 0.2) is 0 Å². The van der Waals surface area contributed by atoms with Crippen molar-refractivity contribution in [3.63, 3.8) is 0 Å². The van der Waals surface area contributed by atoms with Gasteiger partial charge in [0.05, 0.1) is 29.7 Å². The van der Waals surface area contributed by atoms with E-state index >= 15 is 0 Å². The Kier molecular flexibility index (Phi) is 9.72. The molecule has 0 aromatic heterocycles. The lowest BCUT2D eigenvalue weighted by atomic mass is 9.99. The number of benzene rings is 3. The first-order valence-electron chi connectivity index (χ1n) is 13.2. The second-order valence-electron chi connectivity index (χ2n) is 10.2. The van der Waals surface area contributed by atoms with Crippen LogP contribution in [-0.4, -0.2) is 73.6 Å². The first-order chi connectivity index (χ1) is 19.9. The molecule has 42 heavy (non-hydrogen) atoms. The highest BCUT2D eigenvalue weighted by Gasteiger charge is 2.35. The zero-order chi connectivity index (χ0) is 30.6. The Morgan fingerprint density at radius 1 is 1.12 bits per heavy atom. The fourth-order valence-electron chi connectivity index (χ4n) is 4.48. The van der Waals surface area contributed by atoms with Crippen molar-refractivity contribution in [2.45, 2.75) is 30.9 Å². The topological polar surface area (TPSA) is 128 Å². The van der Waals surface area contributed by atoms with E-state index in [9.17, 15) is 27.5 Å². The molecule has 3 atom stereocenters. The monoisotopic (exact) mass is 618 g/mol. The predicted octanol–water partition coefficient (Wildman–Crippen LogP) is 4.66. The summed E-state index contributed by atoms with van der Waals surface area (Å²) in [6.07, 6.45) is -0.669. The summed E-state index contributed by atoms with van der Waals surface area (Å²) in [5.74, 6) is -0.975. The third-order valence-corrected chi connectivity index (χ3v) is 9.07. The van der Waals surface area contributed by atoms with Gasteiger partial charge in [-0.15, -0.1) is 0 Å². The lowest BCUT2D eigenvalue weighted by molar-refractivity contribution is 0.0387. The van der Waals surface area contributed by atoms with Gasteiger partial charge in [-0.2, -0.15) is 4.31 Å². The van der Waals surface area contributed by atoms with Crippen LogP contribution in [0.5, 0.6) is 5.75 Å². The highest BCUT2D eigenvalue weighted by molar-refractivity contribution is 7.89. The van der Waals surface area contributed by atoms with Crippen LogP contribution in [0.1, 0.15) is 24.2 Å². The molecule has 3 N–H and O–H groups in total. The molecule has 4 rings (SSSR count). The fourth-order valence-corrected chi connectivity index (χ4v) is 5.79. The Morgan fingerprint density at radius 2 is 1.74 bits per heavy atom. The summed E-state index contributed by atoms with van der Waals surface area (Å²) in [4.78, 5) is 27.8. The Labute approximate surface area is 249 Å². The van der Waals surface area contributed by atoms with Crippen LogP contribution in [0.4, 0.5) is 20.6 Å². The van der Waals surface area contributed by atoms with Crippen molar-refractivity contribution in [2.75, 3.05) is 37.4 Å². The van der Waals surface area contributed by atoms with Crippen LogP contribution < -0.4 is 15.4 Å². The minimum Gasteiger partial charge on any atom is -0.488 e. The maximum absolute atomic E-state index is 13.7. The molecule has 10 nitrogen and oxygen atoms in total. The summed E-state index contributed by atoms with van der Waals surface area (Å²) in [7, 11) is -2.42. The minimum atomic E-state index is -3.87. The van der Waals surface area contributed by atoms with E-state index in [0.29, 0.717) is 10.7 Å². The molecule has 1 aliphatic heterocycles. The molecule has 3 aromatic carbocycles. The third kappa shape index (κ3) is 7.19. The van der Waals surface area contributed by atoms with Crippen LogP contribution in [0.3, 0.4) is 0 Å². The third-order valence-electron chi connectivity index (χ3n) is 6.98. The number of carbonyl (C=O) groups excluding carboxylic acids is 2. The van der Waals surface area contributed by atoms with Crippen LogP contribution in [-0.2, 0) is 10.0 Å². The SMILES string of the molecule is C[C@@H]1CN([C@H](C)CO)C(=O)c2cc(NC(=O)Nc3ccc(F)cc3)ccc2O[C@@H]1CN(C)S(=O)(=O)c1ccc(Cl)cc1. The number of hydrogen-bond donors (Lipinski definition) is 3. The maximum atomic E-state index is 13.7. The molecule has 1 heterocycles. The number of urea groups is 1. The van der Waals surface area contributed by atoms with Crippen molar-refractivity contribution in [3.8, 4) is 5.75 Å². The van der Waals surface area contributed by atoms with Crippen molar-refractivity contribution in [3.05, 3.63) is 83.1 Å². The number of aliphatic hydroxyl groups is 1. The number of halogens is 2. The average molecular weight is 619 g/mol. The lowest BCUT2D eigenvalue weighted by Gasteiger charge is -2.38. The fraction of sp³-hybridized carbons (Fsp3) is 0.310. The number of carbonyl (C=O) groups is 2. The normalized spacial score (nSPS) is 18.0. The number of rotatable bonds is 8. The molecule has 0 fully saturated rings. The molecule has 0 saturated carbocycles. The van der Waals surface area contributed by atoms with E-state index in [1.165, 1.54) is 76.9 Å². The maximum Gasteiger partial charge on any atom is 0.323 e. The summed E-state index contributed by atoms with van der Waals surface area (Å²) in [6.45, 7) is 3.42. The molecule has 1 aliphatic rings. The number of fused-ring (bicyclic) bond motifs is 1. The number of nitrogens with zero attached hydrogens (tertiary/aromatic N) is 2. The molecule has 13 heteroatoms. The lowest BCUT2D eigenvalue weighted by Crippen LogP contribution is -2.50. The Balaban J connectivity index is 1.61. The van der Waals surface area contributed by atoms with E-state index in [4.69, 9.17) is 16.3 Å². The van der Waals surface area contributed by atoms with Crippen LogP contribution in [0.25, 0.3) is 0 Å². The number of ether oxygens (including phenoxy) is 1. The second kappa shape index (κ2) is 13.1. The van der Waals surface area contributed by atoms with E-state index in [1.807, 2.05) is 6.92 Å². The van der Waals surface area contributed by atoms with Crippen molar-refractivity contribution in [1.82, 2.24) is 9.21 Å². The molecule has 3 aromatic rings. The highest BCUT2D eigenvalue weighted by atomic mass is 35.5.